The van der Waals surface area contributed by atoms with Crippen molar-refractivity contribution < 1.29 is 4.21 Å². The highest BCUT2D eigenvalue weighted by Gasteiger charge is 2.13. The van der Waals surface area contributed by atoms with E-state index < -0.39 is 10.8 Å². The van der Waals surface area contributed by atoms with Gasteiger partial charge < -0.3 is 5.32 Å². The van der Waals surface area contributed by atoms with Gasteiger partial charge in [-0.2, -0.15) is 0 Å². The Morgan fingerprint density at radius 3 is 2.59 bits per heavy atom. The molecule has 0 fully saturated rings. The van der Waals surface area contributed by atoms with Gasteiger partial charge in [-0.1, -0.05) is 37.4 Å². The van der Waals surface area contributed by atoms with Gasteiger partial charge in [0.1, 0.15) is 10.8 Å². The molecule has 1 atom stereocenters. The highest BCUT2D eigenvalue weighted by molar-refractivity contribution is 7.84. The summed E-state index contributed by atoms with van der Waals surface area (Å²) in [5, 5.41) is 4.08. The van der Waals surface area contributed by atoms with E-state index in [-0.39, 0.29) is 5.43 Å². The Kier molecular flexibility index (Phi) is 5.47. The highest BCUT2D eigenvalue weighted by Crippen LogP contribution is 2.24. The van der Waals surface area contributed by atoms with Crippen LogP contribution in [-0.4, -0.2) is 20.0 Å². The molecule has 6 heteroatoms. The van der Waals surface area contributed by atoms with Gasteiger partial charge in [-0.15, -0.1) is 0 Å². The van der Waals surface area contributed by atoms with Gasteiger partial charge in [-0.3, -0.25) is 13.6 Å². The van der Waals surface area contributed by atoms with Gasteiger partial charge in [-0.25, -0.2) is 4.98 Å². The van der Waals surface area contributed by atoms with Crippen LogP contribution < -0.4 is 10.7 Å². The summed E-state index contributed by atoms with van der Waals surface area (Å²) >= 11 is 0. The Labute approximate surface area is 159 Å². The number of anilines is 1. The van der Waals surface area contributed by atoms with Crippen LogP contribution in [0.2, 0.25) is 0 Å². The van der Waals surface area contributed by atoms with Crippen LogP contribution in [0.5, 0.6) is 0 Å². The maximum Gasteiger partial charge on any atom is 0.193 e. The molecule has 0 spiro atoms. The van der Waals surface area contributed by atoms with Crippen LogP contribution in [0.1, 0.15) is 0 Å². The monoisotopic (exact) mass is 377 g/mol. The molecule has 0 aliphatic carbocycles. The van der Waals surface area contributed by atoms with Crippen molar-refractivity contribution in [2.75, 3.05) is 11.6 Å². The molecule has 0 radical (unpaired) electrons. The fraction of sp³-hybridized carbons (Fsp3) is 0.0476. The number of fused-ring (bicyclic) bond motifs is 1. The third-order valence-corrected chi connectivity index (χ3v) is 4.78. The van der Waals surface area contributed by atoms with Crippen molar-refractivity contribution in [3.05, 3.63) is 96.0 Å². The van der Waals surface area contributed by atoms with E-state index in [0.717, 1.165) is 5.69 Å². The SMILES string of the molecule is C=C/C=C(\C=C)Nc1cc(=O)c2cnc(S(C)=O)cc2n1-c1ccccc1. The Morgan fingerprint density at radius 1 is 1.22 bits per heavy atom. The smallest absolute Gasteiger partial charge is 0.193 e. The van der Waals surface area contributed by atoms with E-state index in [1.54, 1.807) is 30.6 Å². The lowest BCUT2D eigenvalue weighted by Gasteiger charge is -2.19. The molecule has 0 amide bonds. The van der Waals surface area contributed by atoms with Gasteiger partial charge in [-0.05, 0) is 30.4 Å². The van der Waals surface area contributed by atoms with Crippen LogP contribution in [0.15, 0.2) is 95.6 Å². The fourth-order valence-corrected chi connectivity index (χ4v) is 3.22. The second kappa shape index (κ2) is 7.97. The number of hydrogen-bond donors (Lipinski definition) is 1. The van der Waals surface area contributed by atoms with Crippen LogP contribution in [0.4, 0.5) is 5.82 Å². The maximum atomic E-state index is 12.7. The second-order valence-electron chi connectivity index (χ2n) is 5.75. The van der Waals surface area contributed by atoms with E-state index in [0.29, 0.717) is 27.4 Å². The number of hydrogen-bond acceptors (Lipinski definition) is 4. The van der Waals surface area contributed by atoms with E-state index >= 15 is 0 Å². The molecule has 1 unspecified atom stereocenters. The lowest BCUT2D eigenvalue weighted by atomic mass is 10.2. The number of rotatable bonds is 6. The molecule has 0 aliphatic rings. The third-order valence-electron chi connectivity index (χ3n) is 3.97. The van der Waals surface area contributed by atoms with Crippen LogP contribution >= 0.6 is 0 Å². The fourth-order valence-electron chi connectivity index (χ4n) is 2.74. The van der Waals surface area contributed by atoms with E-state index in [4.69, 9.17) is 0 Å². The summed E-state index contributed by atoms with van der Waals surface area (Å²) in [5.41, 5.74) is 1.99. The molecule has 1 N–H and O–H groups in total. The number of nitrogens with one attached hydrogen (secondary N) is 1. The van der Waals surface area contributed by atoms with E-state index in [1.165, 1.54) is 12.3 Å². The molecule has 0 bridgehead atoms. The van der Waals surface area contributed by atoms with Crippen molar-refractivity contribution in [3.63, 3.8) is 0 Å². The summed E-state index contributed by atoms with van der Waals surface area (Å²) in [5.74, 6) is 0.561. The van der Waals surface area contributed by atoms with Crippen molar-refractivity contribution >= 4 is 27.5 Å². The van der Waals surface area contributed by atoms with Crippen molar-refractivity contribution in [2.24, 2.45) is 0 Å². The normalized spacial score (nSPS) is 12.6. The van der Waals surface area contributed by atoms with Gasteiger partial charge in [0, 0.05) is 29.9 Å². The molecule has 0 saturated heterocycles. The lowest BCUT2D eigenvalue weighted by Crippen LogP contribution is -2.14. The largest absolute Gasteiger partial charge is 0.341 e. The van der Waals surface area contributed by atoms with Crippen LogP contribution in [0.3, 0.4) is 0 Å². The first kappa shape index (κ1) is 18.5. The van der Waals surface area contributed by atoms with Crippen LogP contribution in [0.25, 0.3) is 16.6 Å². The Hall–Kier alpha value is -3.25. The van der Waals surface area contributed by atoms with E-state index in [2.05, 4.69) is 23.5 Å². The summed E-state index contributed by atoms with van der Waals surface area (Å²) in [6, 6.07) is 12.8. The summed E-state index contributed by atoms with van der Waals surface area (Å²) in [6.07, 6.45) is 8.08. The Balaban J connectivity index is 2.38. The van der Waals surface area contributed by atoms with Gasteiger partial charge in [0.05, 0.1) is 21.7 Å². The molecule has 3 aromatic rings. The summed E-state index contributed by atoms with van der Waals surface area (Å²) in [7, 11) is -1.27. The number of allylic oxidation sites excluding steroid dienone is 3. The molecule has 3 rings (SSSR count). The first-order valence-corrected chi connectivity index (χ1v) is 9.78. The molecule has 0 aliphatic heterocycles. The first-order valence-electron chi connectivity index (χ1n) is 8.22. The van der Waals surface area contributed by atoms with Crippen molar-refractivity contribution in [3.8, 4) is 5.69 Å². The zero-order chi connectivity index (χ0) is 19.4. The summed E-state index contributed by atoms with van der Waals surface area (Å²) in [6.45, 7) is 7.48. The van der Waals surface area contributed by atoms with Gasteiger partial charge in [0.15, 0.2) is 5.43 Å². The lowest BCUT2D eigenvalue weighted by molar-refractivity contribution is 0.684. The van der Waals surface area contributed by atoms with Crippen LogP contribution in [-0.2, 0) is 10.8 Å². The third kappa shape index (κ3) is 3.80. The van der Waals surface area contributed by atoms with Crippen molar-refractivity contribution in [2.45, 2.75) is 5.03 Å². The molecular weight excluding hydrogens is 358 g/mol. The van der Waals surface area contributed by atoms with Gasteiger partial charge >= 0.3 is 0 Å². The molecule has 2 aromatic heterocycles. The molecular formula is C21H19N3O2S. The zero-order valence-corrected chi connectivity index (χ0v) is 15.7. The summed E-state index contributed by atoms with van der Waals surface area (Å²) < 4.78 is 13.8. The second-order valence-corrected chi connectivity index (χ2v) is 7.07. The standard InChI is InChI=1S/C21H19N3O2S/c1-4-9-15(5-2)23-20-13-19(25)17-14-22-21(27(3)26)12-18(17)24(20)16-10-7-6-8-11-16/h4-14,23H,1-2H2,3H3/b15-9+. The average molecular weight is 377 g/mol. The minimum Gasteiger partial charge on any atom is -0.341 e. The first-order chi connectivity index (χ1) is 13.0. The molecule has 5 nitrogen and oxygen atoms in total. The molecule has 2 heterocycles. The molecule has 1 aromatic carbocycles. The predicted molar refractivity (Wildman–Crippen MR) is 112 cm³/mol. The summed E-state index contributed by atoms with van der Waals surface area (Å²) in [4.78, 5) is 16.8. The van der Waals surface area contributed by atoms with Gasteiger partial charge in [0.25, 0.3) is 0 Å². The predicted octanol–water partition coefficient (Wildman–Crippen LogP) is 3.79. The van der Waals surface area contributed by atoms with E-state index in [1.807, 2.05) is 34.9 Å². The van der Waals surface area contributed by atoms with Gasteiger partial charge in [0.2, 0.25) is 0 Å². The number of benzene rings is 1. The number of para-hydroxylation sites is 1. The quantitative estimate of drug-likeness (QED) is 0.664. The Bertz CT molecular complexity index is 1130. The molecule has 0 saturated carbocycles. The molecule has 136 valence electrons. The Morgan fingerprint density at radius 2 is 1.96 bits per heavy atom. The number of nitrogens with zero attached hydrogens (tertiary/aromatic N) is 2. The topological polar surface area (TPSA) is 64.0 Å². The van der Waals surface area contributed by atoms with E-state index in [9.17, 15) is 9.00 Å². The molecule has 27 heavy (non-hydrogen) atoms. The minimum atomic E-state index is -1.27. The van der Waals surface area contributed by atoms with Crippen LogP contribution in [0, 0.1) is 0 Å². The number of pyridine rings is 2. The zero-order valence-electron chi connectivity index (χ0n) is 14.9. The van der Waals surface area contributed by atoms with Crippen molar-refractivity contribution in [1.29, 1.82) is 0 Å². The average Bonchev–Trinajstić information content (AvgIpc) is 2.68. The number of aromatic nitrogens is 2. The highest BCUT2D eigenvalue weighted by atomic mass is 32.2. The maximum absolute atomic E-state index is 12.7. The van der Waals surface area contributed by atoms with Crippen molar-refractivity contribution in [1.82, 2.24) is 9.55 Å². The minimum absolute atomic E-state index is 0.178.